The van der Waals surface area contributed by atoms with Crippen molar-refractivity contribution in [2.75, 3.05) is 0 Å². The summed E-state index contributed by atoms with van der Waals surface area (Å²) in [7, 11) is 0. The molecule has 2 nitrogen and oxygen atoms in total. The minimum absolute atomic E-state index is 0.547. The molecular weight excluding hydrogens is 222 g/mol. The molecule has 0 bridgehead atoms. The summed E-state index contributed by atoms with van der Waals surface area (Å²) in [6, 6.07) is 16.1. The van der Waals surface area contributed by atoms with E-state index < -0.39 is 0 Å². The molecule has 0 atom stereocenters. The number of ether oxygens (including phenoxy) is 1. The van der Waals surface area contributed by atoms with Gasteiger partial charge >= 0.3 is 0 Å². The Balaban J connectivity index is 2.23. The molecule has 0 N–H and O–H groups in total. The van der Waals surface area contributed by atoms with Gasteiger partial charge in [-0.05, 0) is 34.7 Å². The fourth-order valence-corrected chi connectivity index (χ4v) is 1.83. The lowest BCUT2D eigenvalue weighted by Crippen LogP contribution is -1.87. The molecule has 0 aliphatic rings. The second-order valence-electron chi connectivity index (χ2n) is 4.49. The second kappa shape index (κ2) is 5.37. The molecular formula is C16H15NO. The Morgan fingerprint density at radius 2 is 1.39 bits per heavy atom. The van der Waals surface area contributed by atoms with Crippen LogP contribution in [0, 0.1) is 11.5 Å². The summed E-state index contributed by atoms with van der Waals surface area (Å²) in [5, 5.41) is 8.42. The van der Waals surface area contributed by atoms with Crippen LogP contribution in [0.25, 0.3) is 11.1 Å². The minimum atomic E-state index is 0.547. The number of rotatable bonds is 3. The Labute approximate surface area is 107 Å². The summed E-state index contributed by atoms with van der Waals surface area (Å²) >= 11 is 0. The fraction of sp³-hybridized carbons (Fsp3) is 0.188. The van der Waals surface area contributed by atoms with Crippen LogP contribution in [0.1, 0.15) is 25.3 Å². The van der Waals surface area contributed by atoms with Gasteiger partial charge in [0.25, 0.3) is 6.26 Å². The van der Waals surface area contributed by atoms with Crippen LogP contribution in [0.3, 0.4) is 0 Å². The van der Waals surface area contributed by atoms with Crippen LogP contribution in [0.5, 0.6) is 5.75 Å². The van der Waals surface area contributed by atoms with Crippen LogP contribution in [0.15, 0.2) is 48.5 Å². The molecule has 0 amide bonds. The van der Waals surface area contributed by atoms with E-state index in [1.54, 1.807) is 18.4 Å². The molecule has 2 heteroatoms. The predicted octanol–water partition coefficient (Wildman–Crippen LogP) is 4.34. The monoisotopic (exact) mass is 237 g/mol. The third-order valence-corrected chi connectivity index (χ3v) is 2.93. The van der Waals surface area contributed by atoms with Gasteiger partial charge in [0.15, 0.2) is 0 Å². The van der Waals surface area contributed by atoms with Gasteiger partial charge in [-0.25, -0.2) is 0 Å². The number of nitrogens with zero attached hydrogens (tertiary/aromatic N) is 1. The highest BCUT2D eigenvalue weighted by atomic mass is 16.5. The largest absolute Gasteiger partial charge is 0.388 e. The summed E-state index contributed by atoms with van der Waals surface area (Å²) in [6.07, 6.45) is 1.66. The van der Waals surface area contributed by atoms with Gasteiger partial charge < -0.3 is 4.74 Å². The highest BCUT2D eigenvalue weighted by molar-refractivity contribution is 5.64. The Morgan fingerprint density at radius 1 is 0.889 bits per heavy atom. The Hall–Kier alpha value is -2.27. The minimum Gasteiger partial charge on any atom is -0.388 e. The first-order valence-electron chi connectivity index (χ1n) is 5.97. The van der Waals surface area contributed by atoms with Gasteiger partial charge in [-0.1, -0.05) is 50.2 Å². The predicted molar refractivity (Wildman–Crippen MR) is 72.2 cm³/mol. The summed E-state index contributed by atoms with van der Waals surface area (Å²) < 4.78 is 4.75. The Kier molecular flexibility index (Phi) is 3.64. The molecule has 90 valence electrons. The normalized spacial score (nSPS) is 10.1. The second-order valence-corrected chi connectivity index (χ2v) is 4.49. The maximum absolute atomic E-state index is 8.42. The molecule has 0 saturated carbocycles. The van der Waals surface area contributed by atoms with E-state index >= 15 is 0 Å². The maximum atomic E-state index is 8.42. The Morgan fingerprint density at radius 3 is 1.83 bits per heavy atom. The molecule has 0 fully saturated rings. The van der Waals surface area contributed by atoms with Crippen molar-refractivity contribution < 1.29 is 4.74 Å². The van der Waals surface area contributed by atoms with Crippen LogP contribution >= 0.6 is 0 Å². The van der Waals surface area contributed by atoms with Gasteiger partial charge in [0.1, 0.15) is 5.75 Å². The number of nitriles is 1. The molecule has 2 aromatic rings. The lowest BCUT2D eigenvalue weighted by atomic mass is 9.99. The highest BCUT2D eigenvalue weighted by Crippen LogP contribution is 2.24. The Bertz CT molecular complexity index is 547. The lowest BCUT2D eigenvalue weighted by molar-refractivity contribution is 0.507. The molecule has 2 rings (SSSR count). The van der Waals surface area contributed by atoms with Crippen LogP contribution in [-0.4, -0.2) is 0 Å². The van der Waals surface area contributed by atoms with Gasteiger partial charge in [-0.3, -0.25) is 0 Å². The zero-order valence-electron chi connectivity index (χ0n) is 10.6. The van der Waals surface area contributed by atoms with E-state index in [1.165, 1.54) is 11.1 Å². The number of hydrogen-bond acceptors (Lipinski definition) is 2. The zero-order chi connectivity index (χ0) is 13.0. The van der Waals surface area contributed by atoms with E-state index in [4.69, 9.17) is 10.00 Å². The van der Waals surface area contributed by atoms with Crippen molar-refractivity contribution in [3.63, 3.8) is 0 Å². The zero-order valence-corrected chi connectivity index (χ0v) is 10.6. The molecule has 0 saturated heterocycles. The highest BCUT2D eigenvalue weighted by Gasteiger charge is 2.01. The van der Waals surface area contributed by atoms with Crippen molar-refractivity contribution in [1.29, 1.82) is 5.26 Å². The lowest BCUT2D eigenvalue weighted by Gasteiger charge is -2.07. The van der Waals surface area contributed by atoms with Crippen molar-refractivity contribution in [3.8, 4) is 23.1 Å². The van der Waals surface area contributed by atoms with Crippen molar-refractivity contribution in [2.24, 2.45) is 0 Å². The van der Waals surface area contributed by atoms with E-state index in [9.17, 15) is 0 Å². The van der Waals surface area contributed by atoms with Gasteiger partial charge in [-0.2, -0.15) is 0 Å². The average Bonchev–Trinajstić information content (AvgIpc) is 2.40. The van der Waals surface area contributed by atoms with Gasteiger partial charge in [0, 0.05) is 0 Å². The van der Waals surface area contributed by atoms with Crippen LogP contribution in [0.2, 0.25) is 0 Å². The van der Waals surface area contributed by atoms with Gasteiger partial charge in [0.05, 0.1) is 0 Å². The summed E-state index contributed by atoms with van der Waals surface area (Å²) in [6.45, 7) is 4.37. The fourth-order valence-electron chi connectivity index (χ4n) is 1.83. The third-order valence-electron chi connectivity index (χ3n) is 2.93. The van der Waals surface area contributed by atoms with E-state index in [0.29, 0.717) is 11.7 Å². The van der Waals surface area contributed by atoms with E-state index in [-0.39, 0.29) is 0 Å². The van der Waals surface area contributed by atoms with Crippen molar-refractivity contribution in [2.45, 2.75) is 19.8 Å². The van der Waals surface area contributed by atoms with Crippen LogP contribution in [0.4, 0.5) is 0 Å². The molecule has 0 spiro atoms. The molecule has 0 aromatic heterocycles. The van der Waals surface area contributed by atoms with Gasteiger partial charge in [0.2, 0.25) is 0 Å². The quantitative estimate of drug-likeness (QED) is 0.744. The van der Waals surface area contributed by atoms with E-state index in [1.807, 2.05) is 12.1 Å². The molecule has 0 unspecified atom stereocenters. The van der Waals surface area contributed by atoms with Gasteiger partial charge in [-0.15, -0.1) is 5.26 Å². The summed E-state index contributed by atoms with van der Waals surface area (Å²) in [5.74, 6) is 1.12. The molecule has 0 heterocycles. The molecule has 18 heavy (non-hydrogen) atoms. The van der Waals surface area contributed by atoms with E-state index in [0.717, 1.165) is 5.56 Å². The topological polar surface area (TPSA) is 33.0 Å². The van der Waals surface area contributed by atoms with Crippen molar-refractivity contribution in [3.05, 3.63) is 54.1 Å². The standard InChI is InChI=1S/C16H15NO/c1-12(2)13-3-5-14(6-4-13)15-7-9-16(10-8-15)18-11-17/h3-10,12H,1-2H3. The molecule has 0 aliphatic heterocycles. The van der Waals surface area contributed by atoms with E-state index in [2.05, 4.69) is 38.1 Å². The summed E-state index contributed by atoms with van der Waals surface area (Å²) in [5.41, 5.74) is 3.63. The van der Waals surface area contributed by atoms with Crippen molar-refractivity contribution in [1.82, 2.24) is 0 Å². The number of hydrogen-bond donors (Lipinski definition) is 0. The molecule has 0 aliphatic carbocycles. The molecule has 2 aromatic carbocycles. The molecule has 0 radical (unpaired) electrons. The number of benzene rings is 2. The average molecular weight is 237 g/mol. The first-order chi connectivity index (χ1) is 8.70. The van der Waals surface area contributed by atoms with Crippen molar-refractivity contribution >= 4 is 0 Å². The van der Waals surface area contributed by atoms with Crippen LogP contribution in [-0.2, 0) is 0 Å². The third kappa shape index (κ3) is 2.70. The van der Waals surface area contributed by atoms with Crippen LogP contribution < -0.4 is 4.74 Å². The maximum Gasteiger partial charge on any atom is 0.292 e. The first-order valence-corrected chi connectivity index (χ1v) is 5.97. The first kappa shape index (κ1) is 12.2. The SMILES string of the molecule is CC(C)c1ccc(-c2ccc(OC#N)cc2)cc1. The summed E-state index contributed by atoms with van der Waals surface area (Å²) in [4.78, 5) is 0. The smallest absolute Gasteiger partial charge is 0.292 e.